The van der Waals surface area contributed by atoms with Crippen molar-refractivity contribution in [1.29, 1.82) is 0 Å². The van der Waals surface area contributed by atoms with Gasteiger partial charge in [0.15, 0.2) is 0 Å². The van der Waals surface area contributed by atoms with Gasteiger partial charge in [-0.15, -0.1) is 11.3 Å². The first kappa shape index (κ1) is 14.5. The maximum Gasteiger partial charge on any atom is 0.241 e. The van der Waals surface area contributed by atoms with Gasteiger partial charge in [-0.1, -0.05) is 0 Å². The maximum absolute atomic E-state index is 12.3. The minimum absolute atomic E-state index is 0.0311. The third-order valence-corrected chi connectivity index (χ3v) is 4.80. The van der Waals surface area contributed by atoms with E-state index in [1.807, 2.05) is 25.9 Å². The van der Waals surface area contributed by atoms with E-state index in [4.69, 9.17) is 0 Å². The molecule has 0 spiro atoms. The topological polar surface area (TPSA) is 35.6 Å². The summed E-state index contributed by atoms with van der Waals surface area (Å²) < 4.78 is 0. The lowest BCUT2D eigenvalue weighted by atomic mass is 10.2. The molecule has 1 amide bonds. The standard InChI is InChI=1S/C14H23N3OS/c1-9(16(4)5)8-17-13(15-11(3)14(17)18)12-7-6-10(2)19-12/h6-7,9,11,13,15H,8H2,1-5H3. The van der Waals surface area contributed by atoms with Crippen molar-refractivity contribution in [3.8, 4) is 0 Å². The molecule has 3 unspecified atom stereocenters. The predicted molar refractivity (Wildman–Crippen MR) is 79.3 cm³/mol. The van der Waals surface area contributed by atoms with Crippen LogP contribution >= 0.6 is 11.3 Å². The van der Waals surface area contributed by atoms with E-state index in [0.717, 1.165) is 6.54 Å². The van der Waals surface area contributed by atoms with Crippen LogP contribution in [0.25, 0.3) is 0 Å². The summed E-state index contributed by atoms with van der Waals surface area (Å²) >= 11 is 1.76. The van der Waals surface area contributed by atoms with Crippen molar-refractivity contribution >= 4 is 17.2 Å². The molecule has 0 saturated carbocycles. The quantitative estimate of drug-likeness (QED) is 0.914. The minimum atomic E-state index is -0.0956. The lowest BCUT2D eigenvalue weighted by Crippen LogP contribution is -2.41. The van der Waals surface area contributed by atoms with Gasteiger partial charge in [-0.25, -0.2) is 0 Å². The van der Waals surface area contributed by atoms with Crippen molar-refractivity contribution in [2.24, 2.45) is 0 Å². The molecule has 19 heavy (non-hydrogen) atoms. The van der Waals surface area contributed by atoms with E-state index < -0.39 is 0 Å². The second-order valence-corrected chi connectivity index (χ2v) is 6.86. The number of nitrogens with one attached hydrogen (secondary N) is 1. The zero-order chi connectivity index (χ0) is 14.2. The van der Waals surface area contributed by atoms with Crippen LogP contribution in [0.2, 0.25) is 0 Å². The fraction of sp³-hybridized carbons (Fsp3) is 0.643. The Bertz CT molecular complexity index is 457. The molecule has 1 fully saturated rings. The molecule has 0 aromatic carbocycles. The van der Waals surface area contributed by atoms with E-state index in [9.17, 15) is 4.79 Å². The van der Waals surface area contributed by atoms with Crippen molar-refractivity contribution in [1.82, 2.24) is 15.1 Å². The van der Waals surface area contributed by atoms with E-state index in [-0.39, 0.29) is 18.1 Å². The summed E-state index contributed by atoms with van der Waals surface area (Å²) in [6.45, 7) is 6.94. The van der Waals surface area contributed by atoms with E-state index in [1.165, 1.54) is 9.75 Å². The summed E-state index contributed by atoms with van der Waals surface area (Å²) in [5.41, 5.74) is 0. The molecule has 2 heterocycles. The Balaban J connectivity index is 2.19. The number of amides is 1. The molecule has 0 radical (unpaired) electrons. The zero-order valence-corrected chi connectivity index (χ0v) is 13.1. The molecule has 5 heteroatoms. The highest BCUT2D eigenvalue weighted by atomic mass is 32.1. The molecule has 2 rings (SSSR count). The molecular weight excluding hydrogens is 258 g/mol. The minimum Gasteiger partial charge on any atom is -0.319 e. The van der Waals surface area contributed by atoms with Crippen LogP contribution in [0.15, 0.2) is 12.1 Å². The van der Waals surface area contributed by atoms with Gasteiger partial charge < -0.3 is 9.80 Å². The van der Waals surface area contributed by atoms with E-state index in [1.54, 1.807) is 11.3 Å². The van der Waals surface area contributed by atoms with Crippen LogP contribution in [0.1, 0.15) is 29.8 Å². The Kier molecular flexibility index (Phi) is 4.28. The van der Waals surface area contributed by atoms with Crippen molar-refractivity contribution in [2.75, 3.05) is 20.6 Å². The number of thiophene rings is 1. The molecule has 0 bridgehead atoms. The molecule has 1 N–H and O–H groups in total. The molecule has 1 aliphatic rings. The highest BCUT2D eigenvalue weighted by Crippen LogP contribution is 2.30. The fourth-order valence-electron chi connectivity index (χ4n) is 2.25. The molecule has 1 saturated heterocycles. The van der Waals surface area contributed by atoms with Crippen molar-refractivity contribution in [3.05, 3.63) is 21.9 Å². The summed E-state index contributed by atoms with van der Waals surface area (Å²) in [5, 5.41) is 3.40. The highest BCUT2D eigenvalue weighted by Gasteiger charge is 2.38. The van der Waals surface area contributed by atoms with Gasteiger partial charge in [0.25, 0.3) is 0 Å². The van der Waals surface area contributed by atoms with E-state index in [0.29, 0.717) is 6.04 Å². The van der Waals surface area contributed by atoms with Gasteiger partial charge in [0, 0.05) is 22.3 Å². The van der Waals surface area contributed by atoms with Crippen LogP contribution in [-0.2, 0) is 4.79 Å². The molecule has 1 aliphatic heterocycles. The van der Waals surface area contributed by atoms with E-state index >= 15 is 0 Å². The van der Waals surface area contributed by atoms with Crippen molar-refractivity contribution < 1.29 is 4.79 Å². The van der Waals surface area contributed by atoms with Crippen LogP contribution in [-0.4, -0.2) is 48.4 Å². The van der Waals surface area contributed by atoms with Crippen molar-refractivity contribution in [3.63, 3.8) is 0 Å². The van der Waals surface area contributed by atoms with Crippen LogP contribution in [0.5, 0.6) is 0 Å². The van der Waals surface area contributed by atoms with Gasteiger partial charge >= 0.3 is 0 Å². The lowest BCUT2D eigenvalue weighted by Gasteiger charge is -2.29. The van der Waals surface area contributed by atoms with Gasteiger partial charge in [-0.05, 0) is 47.0 Å². The smallest absolute Gasteiger partial charge is 0.241 e. The number of nitrogens with zero attached hydrogens (tertiary/aromatic N) is 2. The lowest BCUT2D eigenvalue weighted by molar-refractivity contribution is -0.130. The SMILES string of the molecule is Cc1ccc(C2NC(C)C(=O)N2CC(C)N(C)C)s1. The Labute approximate surface area is 119 Å². The largest absolute Gasteiger partial charge is 0.319 e. The Morgan fingerprint density at radius 3 is 2.68 bits per heavy atom. The number of hydrogen-bond donors (Lipinski definition) is 1. The monoisotopic (exact) mass is 281 g/mol. The van der Waals surface area contributed by atoms with Crippen LogP contribution in [0, 0.1) is 6.92 Å². The Morgan fingerprint density at radius 1 is 1.47 bits per heavy atom. The number of hydrogen-bond acceptors (Lipinski definition) is 4. The maximum atomic E-state index is 12.3. The second kappa shape index (κ2) is 5.61. The third kappa shape index (κ3) is 2.99. The molecule has 3 atom stereocenters. The molecule has 1 aromatic heterocycles. The summed E-state index contributed by atoms with van der Waals surface area (Å²) in [7, 11) is 4.10. The number of rotatable bonds is 4. The van der Waals surface area contributed by atoms with Crippen molar-refractivity contribution in [2.45, 2.75) is 39.0 Å². The normalized spacial score (nSPS) is 25.4. The molecule has 4 nitrogen and oxygen atoms in total. The number of carbonyl (C=O) groups is 1. The van der Waals surface area contributed by atoms with Gasteiger partial charge in [0.1, 0.15) is 6.17 Å². The first-order chi connectivity index (χ1) is 8.90. The Morgan fingerprint density at radius 2 is 2.16 bits per heavy atom. The summed E-state index contributed by atoms with van der Waals surface area (Å²) in [6.07, 6.45) is 0.0311. The van der Waals surface area contributed by atoms with Gasteiger partial charge in [0.2, 0.25) is 5.91 Å². The van der Waals surface area contributed by atoms with Crippen LogP contribution in [0.3, 0.4) is 0 Å². The third-order valence-electron chi connectivity index (χ3n) is 3.75. The van der Waals surface area contributed by atoms with Gasteiger partial charge in [0.05, 0.1) is 6.04 Å². The van der Waals surface area contributed by atoms with E-state index in [2.05, 4.69) is 36.2 Å². The summed E-state index contributed by atoms with van der Waals surface area (Å²) in [6, 6.07) is 4.49. The van der Waals surface area contributed by atoms with Crippen LogP contribution < -0.4 is 5.32 Å². The van der Waals surface area contributed by atoms with Gasteiger partial charge in [-0.3, -0.25) is 10.1 Å². The molecule has 0 aliphatic carbocycles. The predicted octanol–water partition coefficient (Wildman–Crippen LogP) is 1.83. The first-order valence-corrected chi connectivity index (χ1v) is 7.51. The number of carbonyl (C=O) groups excluding carboxylic acids is 1. The number of aryl methyl sites for hydroxylation is 1. The Hall–Kier alpha value is -0.910. The average molecular weight is 281 g/mol. The molecular formula is C14H23N3OS. The highest BCUT2D eigenvalue weighted by molar-refractivity contribution is 7.12. The second-order valence-electron chi connectivity index (χ2n) is 5.54. The zero-order valence-electron chi connectivity index (χ0n) is 12.3. The average Bonchev–Trinajstić information content (AvgIpc) is 2.88. The number of likely N-dealkylation sites (N-methyl/N-ethyl adjacent to an activating group) is 1. The fourth-order valence-corrected chi connectivity index (χ4v) is 3.20. The molecule has 106 valence electrons. The molecule has 1 aromatic rings. The van der Waals surface area contributed by atoms with Crippen LogP contribution in [0.4, 0.5) is 0 Å². The first-order valence-electron chi connectivity index (χ1n) is 6.69. The summed E-state index contributed by atoms with van der Waals surface area (Å²) in [4.78, 5) is 18.9. The van der Waals surface area contributed by atoms with Gasteiger partial charge in [-0.2, -0.15) is 0 Å². The summed E-state index contributed by atoms with van der Waals surface area (Å²) in [5.74, 6) is 0.199.